The topological polar surface area (TPSA) is 116 Å². The van der Waals surface area contributed by atoms with Crippen molar-refractivity contribution in [3.05, 3.63) is 90.3 Å². The van der Waals surface area contributed by atoms with Gasteiger partial charge in [0.05, 0.1) is 5.69 Å². The van der Waals surface area contributed by atoms with Crippen molar-refractivity contribution in [2.75, 3.05) is 0 Å². The van der Waals surface area contributed by atoms with Gasteiger partial charge in [0.2, 0.25) is 5.91 Å². The van der Waals surface area contributed by atoms with Gasteiger partial charge in [-0.15, -0.1) is 10.2 Å². The monoisotopic (exact) mass is 444 g/mol. The Balaban J connectivity index is 1.83. The molecule has 2 aromatic heterocycles. The van der Waals surface area contributed by atoms with E-state index in [9.17, 15) is 9.59 Å². The molecule has 0 saturated heterocycles. The second-order valence-electron chi connectivity index (χ2n) is 6.93. The van der Waals surface area contributed by atoms with Gasteiger partial charge in [-0.05, 0) is 36.2 Å². The summed E-state index contributed by atoms with van der Waals surface area (Å²) in [5.41, 5.74) is 8.65. The molecule has 32 heavy (non-hydrogen) atoms. The number of rotatable bonds is 6. The van der Waals surface area contributed by atoms with Crippen molar-refractivity contribution in [3.8, 4) is 17.1 Å². The molecule has 3 N–H and O–H groups in total. The van der Waals surface area contributed by atoms with E-state index in [1.165, 1.54) is 11.8 Å². The predicted octanol–water partition coefficient (Wildman–Crippen LogP) is 3.67. The Morgan fingerprint density at radius 1 is 0.969 bits per heavy atom. The lowest BCUT2D eigenvalue weighted by Crippen LogP contribution is -2.37. The Hall–Kier alpha value is -3.98. The summed E-state index contributed by atoms with van der Waals surface area (Å²) in [5.74, 6) is 0.0878. The van der Waals surface area contributed by atoms with Gasteiger partial charge in [-0.2, -0.15) is 0 Å². The lowest BCUT2D eigenvalue weighted by molar-refractivity contribution is -0.119. The van der Waals surface area contributed by atoms with Crippen LogP contribution in [0.5, 0.6) is 0 Å². The number of nitrogens with one attached hydrogen (secondary N) is 1. The number of benzene rings is 2. The molecular formula is C23H20N6O2S. The predicted molar refractivity (Wildman–Crippen MR) is 122 cm³/mol. The molecule has 0 aliphatic rings. The molecule has 3 amide bonds. The van der Waals surface area contributed by atoms with Crippen LogP contribution in [0.1, 0.15) is 16.4 Å². The standard InChI is InChI=1S/C23H20N6O2S/c1-15-7-5-6-10-18(15)29-20(17-11-13-25-14-12-17)27-28-23(29)32-19(21(30)26-22(24)31)16-8-3-2-4-9-16/h2-14,19H,1H3,(H3,24,26,30,31). The highest BCUT2D eigenvalue weighted by atomic mass is 32.2. The number of hydrogen-bond acceptors (Lipinski definition) is 6. The van der Waals surface area contributed by atoms with Gasteiger partial charge in [0.1, 0.15) is 5.25 Å². The second-order valence-corrected chi connectivity index (χ2v) is 8.00. The minimum Gasteiger partial charge on any atom is -0.351 e. The zero-order valence-electron chi connectivity index (χ0n) is 17.2. The van der Waals surface area contributed by atoms with E-state index in [1.807, 2.05) is 78.2 Å². The second kappa shape index (κ2) is 9.44. The third-order valence-electron chi connectivity index (χ3n) is 4.74. The van der Waals surface area contributed by atoms with Gasteiger partial charge in [0.15, 0.2) is 11.0 Å². The van der Waals surface area contributed by atoms with Gasteiger partial charge in [-0.25, -0.2) is 4.79 Å². The van der Waals surface area contributed by atoms with Gasteiger partial charge in [-0.1, -0.05) is 60.3 Å². The minimum absolute atomic E-state index is 0.500. The normalized spacial score (nSPS) is 11.7. The number of carbonyl (C=O) groups excluding carboxylic acids is 2. The Kier molecular flexibility index (Phi) is 6.27. The summed E-state index contributed by atoms with van der Waals surface area (Å²) in [7, 11) is 0. The van der Waals surface area contributed by atoms with Crippen LogP contribution in [0.15, 0.2) is 84.3 Å². The zero-order chi connectivity index (χ0) is 22.5. The molecule has 1 unspecified atom stereocenters. The van der Waals surface area contributed by atoms with Crippen molar-refractivity contribution in [2.24, 2.45) is 5.73 Å². The fraction of sp³-hybridized carbons (Fsp3) is 0.0870. The van der Waals surface area contributed by atoms with Gasteiger partial charge >= 0.3 is 6.03 Å². The first-order valence-corrected chi connectivity index (χ1v) is 10.7. The molecule has 0 aliphatic heterocycles. The quantitative estimate of drug-likeness (QED) is 0.439. The smallest absolute Gasteiger partial charge is 0.318 e. The molecule has 0 radical (unpaired) electrons. The van der Waals surface area contributed by atoms with E-state index in [0.29, 0.717) is 16.5 Å². The zero-order valence-corrected chi connectivity index (χ0v) is 18.0. The fourth-order valence-corrected chi connectivity index (χ4v) is 4.31. The number of primary amides is 1. The number of nitrogens with two attached hydrogens (primary N) is 1. The van der Waals surface area contributed by atoms with E-state index in [2.05, 4.69) is 20.5 Å². The van der Waals surface area contributed by atoms with Crippen molar-refractivity contribution < 1.29 is 9.59 Å². The van der Waals surface area contributed by atoms with Crippen molar-refractivity contribution in [3.63, 3.8) is 0 Å². The maximum Gasteiger partial charge on any atom is 0.318 e. The van der Waals surface area contributed by atoms with Crippen LogP contribution in [0.3, 0.4) is 0 Å². The summed E-state index contributed by atoms with van der Waals surface area (Å²) in [6, 6.07) is 19.8. The molecule has 0 aliphatic carbocycles. The van der Waals surface area contributed by atoms with E-state index in [4.69, 9.17) is 5.73 Å². The van der Waals surface area contributed by atoms with Crippen molar-refractivity contribution in [2.45, 2.75) is 17.3 Å². The Labute approximate surface area is 188 Å². The molecule has 160 valence electrons. The number of amides is 3. The number of nitrogens with zero attached hydrogens (tertiary/aromatic N) is 4. The number of para-hydroxylation sites is 1. The van der Waals surface area contributed by atoms with Crippen LogP contribution < -0.4 is 11.1 Å². The SMILES string of the molecule is Cc1ccccc1-n1c(SC(C(=O)NC(N)=O)c2ccccc2)nnc1-c1ccncc1. The van der Waals surface area contributed by atoms with Crippen LogP contribution in [0.4, 0.5) is 4.79 Å². The first-order chi connectivity index (χ1) is 15.5. The summed E-state index contributed by atoms with van der Waals surface area (Å²) >= 11 is 1.19. The molecule has 0 bridgehead atoms. The third-order valence-corrected chi connectivity index (χ3v) is 5.94. The summed E-state index contributed by atoms with van der Waals surface area (Å²) in [5, 5.41) is 10.7. The molecule has 0 saturated carbocycles. The van der Waals surface area contributed by atoms with Gasteiger partial charge in [0.25, 0.3) is 0 Å². The number of aromatic nitrogens is 4. The first-order valence-electron chi connectivity index (χ1n) is 9.78. The van der Waals surface area contributed by atoms with Crippen molar-refractivity contribution >= 4 is 23.7 Å². The van der Waals surface area contributed by atoms with E-state index in [-0.39, 0.29) is 0 Å². The van der Waals surface area contributed by atoms with Crippen molar-refractivity contribution in [1.29, 1.82) is 0 Å². The van der Waals surface area contributed by atoms with Crippen LogP contribution in [-0.4, -0.2) is 31.7 Å². The van der Waals surface area contributed by atoms with E-state index < -0.39 is 17.2 Å². The average molecular weight is 445 g/mol. The highest BCUT2D eigenvalue weighted by molar-refractivity contribution is 8.00. The highest BCUT2D eigenvalue weighted by Gasteiger charge is 2.27. The number of aryl methyl sites for hydroxylation is 1. The molecule has 0 spiro atoms. The lowest BCUT2D eigenvalue weighted by Gasteiger charge is -2.17. The maximum atomic E-state index is 12.9. The molecule has 4 rings (SSSR count). The number of hydrogen-bond donors (Lipinski definition) is 2. The van der Waals surface area contributed by atoms with E-state index in [1.54, 1.807) is 12.4 Å². The molecular weight excluding hydrogens is 424 g/mol. The van der Waals surface area contributed by atoms with Crippen LogP contribution in [0, 0.1) is 6.92 Å². The first kappa shape index (κ1) is 21.3. The van der Waals surface area contributed by atoms with E-state index >= 15 is 0 Å². The Morgan fingerprint density at radius 2 is 1.66 bits per heavy atom. The van der Waals surface area contributed by atoms with Crippen LogP contribution in [-0.2, 0) is 4.79 Å². The fourth-order valence-electron chi connectivity index (χ4n) is 3.26. The molecule has 2 aromatic carbocycles. The summed E-state index contributed by atoms with van der Waals surface area (Å²) in [6.45, 7) is 1.99. The molecule has 1 atom stereocenters. The summed E-state index contributed by atoms with van der Waals surface area (Å²) < 4.78 is 1.91. The van der Waals surface area contributed by atoms with Gasteiger partial charge in [0, 0.05) is 18.0 Å². The molecule has 8 nitrogen and oxygen atoms in total. The van der Waals surface area contributed by atoms with E-state index in [0.717, 1.165) is 16.8 Å². The maximum absolute atomic E-state index is 12.9. The summed E-state index contributed by atoms with van der Waals surface area (Å²) in [6.07, 6.45) is 3.37. The van der Waals surface area contributed by atoms with Gasteiger partial charge < -0.3 is 5.73 Å². The lowest BCUT2D eigenvalue weighted by atomic mass is 10.1. The summed E-state index contributed by atoms with van der Waals surface area (Å²) in [4.78, 5) is 28.3. The third kappa shape index (κ3) is 4.52. The van der Waals surface area contributed by atoms with Crippen LogP contribution >= 0.6 is 11.8 Å². The minimum atomic E-state index is -0.908. The number of pyridine rings is 1. The average Bonchev–Trinajstić information content (AvgIpc) is 3.22. The Bertz CT molecular complexity index is 1240. The van der Waals surface area contributed by atoms with Gasteiger partial charge in [-0.3, -0.25) is 19.7 Å². The highest BCUT2D eigenvalue weighted by Crippen LogP contribution is 2.38. The van der Waals surface area contributed by atoms with Crippen LogP contribution in [0.25, 0.3) is 17.1 Å². The number of imide groups is 1. The number of thioether (sulfide) groups is 1. The number of urea groups is 1. The van der Waals surface area contributed by atoms with Crippen molar-refractivity contribution in [1.82, 2.24) is 25.1 Å². The molecule has 9 heteroatoms. The molecule has 2 heterocycles. The van der Waals surface area contributed by atoms with Crippen LogP contribution in [0.2, 0.25) is 0 Å². The largest absolute Gasteiger partial charge is 0.351 e. The molecule has 4 aromatic rings. The molecule has 0 fully saturated rings. The number of carbonyl (C=O) groups is 2. The Morgan fingerprint density at radius 3 is 2.34 bits per heavy atom.